The molecule has 0 aromatic heterocycles. The molecule has 4 aromatic carbocycles. The van der Waals surface area contributed by atoms with Gasteiger partial charge < -0.3 is 33.6 Å². The second kappa shape index (κ2) is 15.8. The Labute approximate surface area is 288 Å². The highest BCUT2D eigenvalue weighted by atomic mass is 35.5. The fourth-order valence-electron chi connectivity index (χ4n) is 6.01. The molecule has 4 aromatic rings. The molecule has 1 aliphatic heterocycles. The van der Waals surface area contributed by atoms with E-state index in [-0.39, 0.29) is 19.0 Å². The first-order valence-electron chi connectivity index (χ1n) is 15.7. The summed E-state index contributed by atoms with van der Waals surface area (Å²) in [6, 6.07) is 30.5. The van der Waals surface area contributed by atoms with E-state index in [1.54, 1.807) is 37.3 Å². The molecule has 0 saturated carbocycles. The van der Waals surface area contributed by atoms with E-state index < -0.39 is 48.9 Å². The Kier molecular flexibility index (Phi) is 11.8. The standard InChI is InChI=1S/C38H38ClF3O7/c1-26-34(46-21-28-9-5-3-6-10-28)35(47-22-29-11-7-4-8-12-29)38(45-2,49-36(26,23-43)24-44)31-15-18-33(39)30(20-31)19-27-13-16-32(17-14-27)48-25-37(40,41)42/h3-18,20,23,26,34-35,44H,19,21-22,24-25H2,1-2H3/t26-,34-,35+,36+,38-/m0/s1. The molecular formula is C38H38ClF3O7. The number of alkyl halides is 3. The minimum atomic E-state index is -4.45. The van der Waals surface area contributed by atoms with Crippen molar-refractivity contribution in [3.8, 4) is 5.75 Å². The van der Waals surface area contributed by atoms with Gasteiger partial charge in [-0.25, -0.2) is 0 Å². The topological polar surface area (TPSA) is 83.5 Å². The first-order chi connectivity index (χ1) is 23.5. The van der Waals surface area contributed by atoms with Crippen LogP contribution in [0.4, 0.5) is 13.2 Å². The zero-order valence-electron chi connectivity index (χ0n) is 27.1. The van der Waals surface area contributed by atoms with E-state index in [0.29, 0.717) is 28.9 Å². The molecule has 49 heavy (non-hydrogen) atoms. The van der Waals surface area contributed by atoms with Gasteiger partial charge in [-0.1, -0.05) is 97.4 Å². The van der Waals surface area contributed by atoms with Crippen LogP contribution in [-0.2, 0) is 49.2 Å². The van der Waals surface area contributed by atoms with Crippen molar-refractivity contribution in [1.82, 2.24) is 0 Å². The Morgan fingerprint density at radius 1 is 0.878 bits per heavy atom. The maximum Gasteiger partial charge on any atom is 0.422 e. The predicted molar refractivity (Wildman–Crippen MR) is 177 cm³/mol. The normalized spacial score (nSPS) is 24.0. The second-order valence-corrected chi connectivity index (χ2v) is 12.4. The summed E-state index contributed by atoms with van der Waals surface area (Å²) in [6.07, 6.45) is -5.33. The molecule has 5 rings (SSSR count). The van der Waals surface area contributed by atoms with E-state index in [9.17, 15) is 23.1 Å². The highest BCUT2D eigenvalue weighted by Crippen LogP contribution is 2.48. The smallest absolute Gasteiger partial charge is 0.422 e. The maximum absolute atomic E-state index is 12.8. The lowest BCUT2D eigenvalue weighted by Gasteiger charge is -2.54. The molecule has 7 nitrogen and oxygen atoms in total. The van der Waals surface area contributed by atoms with Crippen molar-refractivity contribution in [1.29, 1.82) is 0 Å². The van der Waals surface area contributed by atoms with Gasteiger partial charge in [0.2, 0.25) is 5.79 Å². The highest BCUT2D eigenvalue weighted by Gasteiger charge is 2.62. The number of aliphatic hydroxyl groups is 1. The summed E-state index contributed by atoms with van der Waals surface area (Å²) in [4.78, 5) is 12.8. The number of ether oxygens (including phenoxy) is 5. The number of rotatable bonds is 14. The SMILES string of the molecule is CO[C@@]1(c2ccc(Cl)c(Cc3ccc(OCC(F)(F)F)cc3)c2)O[C@](C=O)(CO)[C@@H](C)[C@H](OCc2ccccc2)[C@H]1OCc1ccccc1. The van der Waals surface area contributed by atoms with Gasteiger partial charge in [0.1, 0.15) is 11.9 Å². The summed E-state index contributed by atoms with van der Waals surface area (Å²) < 4.78 is 68.7. The maximum atomic E-state index is 12.8. The molecule has 0 amide bonds. The third-order valence-electron chi connectivity index (χ3n) is 8.75. The molecule has 1 heterocycles. The molecule has 1 fully saturated rings. The summed E-state index contributed by atoms with van der Waals surface area (Å²) in [6.45, 7) is 0.0817. The number of halogens is 4. The molecule has 0 aliphatic carbocycles. The number of benzene rings is 4. The van der Waals surface area contributed by atoms with Crippen molar-refractivity contribution in [2.24, 2.45) is 5.92 Å². The van der Waals surface area contributed by atoms with Crippen LogP contribution >= 0.6 is 11.6 Å². The Morgan fingerprint density at radius 3 is 2.04 bits per heavy atom. The fourth-order valence-corrected chi connectivity index (χ4v) is 6.20. The van der Waals surface area contributed by atoms with Crippen LogP contribution in [0.5, 0.6) is 5.75 Å². The average Bonchev–Trinajstić information content (AvgIpc) is 3.12. The lowest BCUT2D eigenvalue weighted by atomic mass is 9.76. The fraction of sp³-hybridized carbons (Fsp3) is 0.342. The lowest BCUT2D eigenvalue weighted by Crippen LogP contribution is -2.68. The van der Waals surface area contributed by atoms with E-state index in [4.69, 9.17) is 35.3 Å². The minimum Gasteiger partial charge on any atom is -0.484 e. The Balaban J connectivity index is 1.54. The summed E-state index contributed by atoms with van der Waals surface area (Å²) >= 11 is 6.68. The quantitative estimate of drug-likeness (QED) is 0.137. The predicted octanol–water partition coefficient (Wildman–Crippen LogP) is 7.44. The van der Waals surface area contributed by atoms with Gasteiger partial charge in [-0.2, -0.15) is 13.2 Å². The first-order valence-corrected chi connectivity index (χ1v) is 16.1. The van der Waals surface area contributed by atoms with Gasteiger partial charge in [-0.15, -0.1) is 0 Å². The number of carbonyl (C=O) groups is 1. The monoisotopic (exact) mass is 698 g/mol. The molecule has 1 N–H and O–H groups in total. The largest absolute Gasteiger partial charge is 0.484 e. The minimum absolute atomic E-state index is 0.0816. The van der Waals surface area contributed by atoms with Gasteiger partial charge in [-0.3, -0.25) is 0 Å². The van der Waals surface area contributed by atoms with Crippen molar-refractivity contribution in [2.75, 3.05) is 20.3 Å². The number of carbonyl (C=O) groups excluding carboxylic acids is 1. The Hall–Kier alpha value is -3.77. The molecule has 5 atom stereocenters. The van der Waals surface area contributed by atoms with Crippen LogP contribution in [0, 0.1) is 5.92 Å². The summed E-state index contributed by atoms with van der Waals surface area (Å²) in [5, 5.41) is 11.1. The number of aldehydes is 1. The van der Waals surface area contributed by atoms with E-state index in [0.717, 1.165) is 16.7 Å². The molecule has 0 radical (unpaired) electrons. The van der Waals surface area contributed by atoms with E-state index in [2.05, 4.69) is 0 Å². The van der Waals surface area contributed by atoms with Crippen LogP contribution in [0.2, 0.25) is 5.02 Å². The molecule has 260 valence electrons. The summed E-state index contributed by atoms with van der Waals surface area (Å²) in [7, 11) is 1.43. The number of hydrogen-bond acceptors (Lipinski definition) is 7. The van der Waals surface area contributed by atoms with Gasteiger partial charge in [0.15, 0.2) is 18.5 Å². The van der Waals surface area contributed by atoms with Crippen LogP contribution in [0.25, 0.3) is 0 Å². The average molecular weight is 699 g/mol. The van der Waals surface area contributed by atoms with Gasteiger partial charge in [0.05, 0.1) is 25.9 Å². The summed E-state index contributed by atoms with van der Waals surface area (Å²) in [5.41, 5.74) is 1.91. The van der Waals surface area contributed by atoms with E-state index >= 15 is 0 Å². The summed E-state index contributed by atoms with van der Waals surface area (Å²) in [5.74, 6) is -2.35. The Bertz CT molecular complexity index is 1660. The number of methoxy groups -OCH3 is 1. The van der Waals surface area contributed by atoms with Gasteiger partial charge in [0, 0.05) is 23.6 Å². The number of aliphatic hydroxyl groups excluding tert-OH is 1. The van der Waals surface area contributed by atoms with E-state index in [1.807, 2.05) is 60.7 Å². The third kappa shape index (κ3) is 8.52. The molecule has 1 aliphatic rings. The van der Waals surface area contributed by atoms with Crippen LogP contribution in [0.15, 0.2) is 103 Å². The van der Waals surface area contributed by atoms with Gasteiger partial charge >= 0.3 is 6.18 Å². The van der Waals surface area contributed by atoms with Crippen LogP contribution in [-0.4, -0.2) is 55.7 Å². The van der Waals surface area contributed by atoms with Crippen LogP contribution in [0.1, 0.15) is 34.7 Å². The van der Waals surface area contributed by atoms with Crippen molar-refractivity contribution < 1.29 is 46.8 Å². The van der Waals surface area contributed by atoms with Crippen molar-refractivity contribution in [2.45, 2.75) is 56.3 Å². The zero-order valence-corrected chi connectivity index (χ0v) is 27.8. The van der Waals surface area contributed by atoms with Crippen LogP contribution < -0.4 is 4.74 Å². The Morgan fingerprint density at radius 2 is 1.49 bits per heavy atom. The lowest BCUT2D eigenvalue weighted by molar-refractivity contribution is -0.389. The van der Waals surface area contributed by atoms with Crippen molar-refractivity contribution >= 4 is 17.9 Å². The van der Waals surface area contributed by atoms with Crippen molar-refractivity contribution in [3.63, 3.8) is 0 Å². The van der Waals surface area contributed by atoms with Crippen LogP contribution in [0.3, 0.4) is 0 Å². The van der Waals surface area contributed by atoms with Gasteiger partial charge in [0.25, 0.3) is 0 Å². The molecular weight excluding hydrogens is 661 g/mol. The zero-order chi connectivity index (χ0) is 35.1. The molecule has 1 saturated heterocycles. The first kappa shape index (κ1) is 36.5. The second-order valence-electron chi connectivity index (χ2n) is 12.0. The molecule has 11 heteroatoms. The molecule has 0 bridgehead atoms. The van der Waals surface area contributed by atoms with E-state index in [1.165, 1.54) is 19.2 Å². The highest BCUT2D eigenvalue weighted by molar-refractivity contribution is 6.31. The molecule has 0 spiro atoms. The van der Waals surface area contributed by atoms with Crippen molar-refractivity contribution in [3.05, 3.63) is 136 Å². The third-order valence-corrected chi connectivity index (χ3v) is 9.12. The number of hydrogen-bond donors (Lipinski definition) is 1. The molecule has 0 unspecified atom stereocenters. The van der Waals surface area contributed by atoms with Gasteiger partial charge in [-0.05, 0) is 52.9 Å².